The third kappa shape index (κ3) is 5.07. The van der Waals surface area contributed by atoms with Crippen molar-refractivity contribution in [2.45, 2.75) is 6.18 Å². The first-order chi connectivity index (χ1) is 13.5. The highest BCUT2D eigenvalue weighted by atomic mass is 79.9. The van der Waals surface area contributed by atoms with Gasteiger partial charge >= 0.3 is 6.18 Å². The predicted octanol–water partition coefficient (Wildman–Crippen LogP) is 3.95. The molecule has 0 spiro atoms. The highest BCUT2D eigenvalue weighted by Crippen LogP contribution is 2.32. The van der Waals surface area contributed by atoms with Crippen molar-refractivity contribution in [1.82, 2.24) is 9.97 Å². The van der Waals surface area contributed by atoms with E-state index >= 15 is 0 Å². The Kier molecular flexibility index (Phi) is 5.59. The number of hydrogen-bond donors (Lipinski definition) is 2. The van der Waals surface area contributed by atoms with Gasteiger partial charge in [0, 0.05) is 17.1 Å². The van der Waals surface area contributed by atoms with Crippen LogP contribution >= 0.6 is 15.9 Å². The quantitative estimate of drug-likeness (QED) is 0.560. The van der Waals surface area contributed by atoms with E-state index in [4.69, 9.17) is 10.5 Å². The van der Waals surface area contributed by atoms with E-state index in [2.05, 4.69) is 25.9 Å². The van der Waals surface area contributed by atoms with Gasteiger partial charge in [-0.1, -0.05) is 6.07 Å². The Bertz CT molecular complexity index is 1190. The Balaban J connectivity index is 2.02. The number of benzene rings is 1. The van der Waals surface area contributed by atoms with Crippen LogP contribution in [0.4, 0.5) is 24.7 Å². The molecule has 3 rings (SSSR count). The topological polar surface area (TPSA) is 107 Å². The van der Waals surface area contributed by atoms with Crippen molar-refractivity contribution in [2.75, 3.05) is 23.3 Å². The summed E-state index contributed by atoms with van der Waals surface area (Å²) < 4.78 is 68.6. The van der Waals surface area contributed by atoms with Crippen LogP contribution < -0.4 is 15.2 Å². The lowest BCUT2D eigenvalue weighted by Crippen LogP contribution is -2.28. The first-order valence-corrected chi connectivity index (χ1v) is 10.4. The Labute approximate surface area is 172 Å². The van der Waals surface area contributed by atoms with E-state index in [-0.39, 0.29) is 11.6 Å². The summed E-state index contributed by atoms with van der Waals surface area (Å²) in [6, 6.07) is 8.31. The van der Waals surface area contributed by atoms with Crippen molar-refractivity contribution >= 4 is 48.4 Å². The van der Waals surface area contributed by atoms with Gasteiger partial charge in [0.2, 0.25) is 15.9 Å². The molecule has 0 bridgehead atoms. The standard InChI is InChI=1S/C17H14BrF3N4O3S/c1-28-16-14(25-29(26,27)8-17(19,20)21)6-11(7-23-16)9-2-3-13-10(4-9)5-12(18)15(22)24-13/h2-7,25H,8H2,1H3,(H2,22,24). The molecule has 0 fully saturated rings. The number of methoxy groups -OCH3 is 1. The molecule has 0 aliphatic heterocycles. The van der Waals surface area contributed by atoms with E-state index in [1.807, 2.05) is 4.72 Å². The molecular weight excluding hydrogens is 477 g/mol. The molecule has 0 saturated carbocycles. The molecule has 3 N–H and O–H groups in total. The maximum atomic E-state index is 12.5. The van der Waals surface area contributed by atoms with Gasteiger partial charge in [-0.25, -0.2) is 18.4 Å². The summed E-state index contributed by atoms with van der Waals surface area (Å²) in [6.07, 6.45) is -3.47. The van der Waals surface area contributed by atoms with Crippen molar-refractivity contribution in [2.24, 2.45) is 0 Å². The highest BCUT2D eigenvalue weighted by molar-refractivity contribution is 9.10. The number of fused-ring (bicyclic) bond motifs is 1. The number of pyridine rings is 2. The largest absolute Gasteiger partial charge is 0.480 e. The number of nitrogen functional groups attached to an aromatic ring is 1. The van der Waals surface area contributed by atoms with Crippen LogP contribution in [-0.4, -0.2) is 37.4 Å². The van der Waals surface area contributed by atoms with E-state index in [1.54, 1.807) is 24.3 Å². The number of nitrogens with two attached hydrogens (primary N) is 1. The Hall–Kier alpha value is -2.60. The van der Waals surface area contributed by atoms with Crippen LogP contribution in [0.1, 0.15) is 0 Å². The minimum Gasteiger partial charge on any atom is -0.480 e. The second-order valence-corrected chi connectivity index (χ2v) is 8.60. The summed E-state index contributed by atoms with van der Waals surface area (Å²) in [4.78, 5) is 8.23. The maximum absolute atomic E-state index is 12.5. The van der Waals surface area contributed by atoms with Crippen LogP contribution in [0.15, 0.2) is 41.0 Å². The molecule has 0 atom stereocenters. The van der Waals surface area contributed by atoms with E-state index in [0.717, 1.165) is 5.39 Å². The molecule has 7 nitrogen and oxygen atoms in total. The number of halogens is 4. The van der Waals surface area contributed by atoms with E-state index in [0.29, 0.717) is 26.9 Å². The van der Waals surface area contributed by atoms with Crippen molar-refractivity contribution in [1.29, 1.82) is 0 Å². The number of sulfonamides is 1. The summed E-state index contributed by atoms with van der Waals surface area (Å²) in [7, 11) is -3.46. The van der Waals surface area contributed by atoms with Crippen molar-refractivity contribution < 1.29 is 26.3 Å². The van der Waals surface area contributed by atoms with Gasteiger partial charge in [-0.15, -0.1) is 0 Å². The van der Waals surface area contributed by atoms with E-state index < -0.39 is 22.0 Å². The van der Waals surface area contributed by atoms with E-state index in [9.17, 15) is 21.6 Å². The molecule has 2 heterocycles. The minimum atomic E-state index is -4.88. The minimum absolute atomic E-state index is 0.155. The lowest BCUT2D eigenvalue weighted by atomic mass is 10.0. The maximum Gasteiger partial charge on any atom is 0.404 e. The Morgan fingerprint density at radius 1 is 1.21 bits per heavy atom. The van der Waals surface area contributed by atoms with Crippen LogP contribution in [0.2, 0.25) is 0 Å². The van der Waals surface area contributed by atoms with Crippen molar-refractivity contribution in [3.8, 4) is 17.0 Å². The number of aromatic nitrogens is 2. The lowest BCUT2D eigenvalue weighted by Gasteiger charge is -2.14. The molecule has 0 saturated heterocycles. The fourth-order valence-electron chi connectivity index (χ4n) is 2.61. The molecule has 0 unspecified atom stereocenters. The SMILES string of the molecule is COc1ncc(-c2ccc3nc(N)c(Br)cc3c2)cc1NS(=O)(=O)CC(F)(F)F. The third-order valence-corrected chi connectivity index (χ3v) is 5.67. The number of anilines is 2. The summed E-state index contributed by atoms with van der Waals surface area (Å²) in [5.74, 6) is -1.85. The summed E-state index contributed by atoms with van der Waals surface area (Å²) in [6.45, 7) is 0. The van der Waals surface area contributed by atoms with Crippen molar-refractivity contribution in [3.05, 3.63) is 41.0 Å². The van der Waals surface area contributed by atoms with Crippen molar-refractivity contribution in [3.63, 3.8) is 0 Å². The highest BCUT2D eigenvalue weighted by Gasteiger charge is 2.35. The fourth-order valence-corrected chi connectivity index (χ4v) is 3.93. The lowest BCUT2D eigenvalue weighted by molar-refractivity contribution is -0.106. The van der Waals surface area contributed by atoms with E-state index in [1.165, 1.54) is 19.4 Å². The average molecular weight is 491 g/mol. The molecule has 29 heavy (non-hydrogen) atoms. The molecule has 0 amide bonds. The van der Waals surface area contributed by atoms with Crippen LogP contribution in [0.5, 0.6) is 5.88 Å². The summed E-state index contributed by atoms with van der Waals surface area (Å²) >= 11 is 3.30. The fraction of sp³-hybridized carbons (Fsp3) is 0.176. The van der Waals surface area contributed by atoms with Crippen LogP contribution in [-0.2, 0) is 10.0 Å². The Morgan fingerprint density at radius 3 is 2.59 bits per heavy atom. The van der Waals surface area contributed by atoms with Crippen LogP contribution in [0.3, 0.4) is 0 Å². The van der Waals surface area contributed by atoms with Gasteiger partial charge in [0.1, 0.15) is 11.5 Å². The van der Waals surface area contributed by atoms with Crippen LogP contribution in [0, 0.1) is 0 Å². The van der Waals surface area contributed by atoms with Gasteiger partial charge < -0.3 is 10.5 Å². The molecule has 0 aliphatic carbocycles. The number of hydrogen-bond acceptors (Lipinski definition) is 6. The third-order valence-electron chi connectivity index (χ3n) is 3.79. The molecule has 0 aliphatic rings. The number of rotatable bonds is 5. The second-order valence-electron chi connectivity index (χ2n) is 6.02. The van der Waals surface area contributed by atoms with Gasteiger partial charge in [0.25, 0.3) is 0 Å². The number of alkyl halides is 3. The van der Waals surface area contributed by atoms with Gasteiger partial charge in [0.05, 0.1) is 17.1 Å². The zero-order chi connectivity index (χ0) is 21.4. The summed E-state index contributed by atoms with van der Waals surface area (Å²) in [5.41, 5.74) is 7.30. The first kappa shape index (κ1) is 21.1. The molecule has 1 aromatic carbocycles. The zero-order valence-electron chi connectivity index (χ0n) is 14.8. The number of nitrogens with zero attached hydrogens (tertiary/aromatic N) is 2. The Morgan fingerprint density at radius 2 is 1.93 bits per heavy atom. The second kappa shape index (κ2) is 7.67. The molecule has 0 radical (unpaired) electrons. The molecule has 2 aromatic heterocycles. The smallest absolute Gasteiger partial charge is 0.404 e. The molecule has 154 valence electrons. The molecule has 12 heteroatoms. The zero-order valence-corrected chi connectivity index (χ0v) is 17.2. The number of ether oxygens (including phenoxy) is 1. The van der Waals surface area contributed by atoms with Gasteiger partial charge in [-0.05, 0) is 45.8 Å². The average Bonchev–Trinajstić information content (AvgIpc) is 2.60. The van der Waals surface area contributed by atoms with Gasteiger partial charge in [-0.2, -0.15) is 13.2 Å². The van der Waals surface area contributed by atoms with Gasteiger partial charge in [-0.3, -0.25) is 4.72 Å². The monoisotopic (exact) mass is 490 g/mol. The van der Waals surface area contributed by atoms with Gasteiger partial charge in [0.15, 0.2) is 5.75 Å². The first-order valence-electron chi connectivity index (χ1n) is 7.95. The van der Waals surface area contributed by atoms with Crippen LogP contribution in [0.25, 0.3) is 22.0 Å². The normalized spacial score (nSPS) is 12.2. The number of nitrogens with one attached hydrogen (secondary N) is 1. The molecular formula is C17H14BrF3N4O3S. The summed E-state index contributed by atoms with van der Waals surface area (Å²) in [5, 5.41) is 0.749. The molecule has 3 aromatic rings. The predicted molar refractivity (Wildman–Crippen MR) is 107 cm³/mol.